The van der Waals surface area contributed by atoms with Crippen molar-refractivity contribution in [3.8, 4) is 5.75 Å². The fourth-order valence-corrected chi connectivity index (χ4v) is 3.21. The van der Waals surface area contributed by atoms with Crippen LogP contribution >= 0.6 is 0 Å². The molecule has 136 valence electrons. The van der Waals surface area contributed by atoms with Crippen LogP contribution < -0.4 is 4.74 Å². The SMILES string of the molecule is Cc1ccc(C(=O)CCC(=O)N2CCCC(Oc3ccccc3)C2)cc1. The zero-order valence-electron chi connectivity index (χ0n) is 15.2. The van der Waals surface area contributed by atoms with Crippen LogP contribution in [-0.2, 0) is 4.79 Å². The highest BCUT2D eigenvalue weighted by Crippen LogP contribution is 2.19. The van der Waals surface area contributed by atoms with Crippen LogP contribution in [0.4, 0.5) is 0 Å². The number of benzene rings is 2. The van der Waals surface area contributed by atoms with Crippen LogP contribution in [0.15, 0.2) is 54.6 Å². The van der Waals surface area contributed by atoms with E-state index in [1.54, 1.807) is 0 Å². The normalized spacial score (nSPS) is 17.0. The number of piperidine rings is 1. The largest absolute Gasteiger partial charge is 0.489 e. The quantitative estimate of drug-likeness (QED) is 0.738. The van der Waals surface area contributed by atoms with Gasteiger partial charge in [-0.25, -0.2) is 0 Å². The molecule has 0 aromatic heterocycles. The molecule has 0 aliphatic carbocycles. The van der Waals surface area contributed by atoms with E-state index >= 15 is 0 Å². The Labute approximate surface area is 154 Å². The van der Waals surface area contributed by atoms with Gasteiger partial charge in [-0.05, 0) is 31.9 Å². The van der Waals surface area contributed by atoms with E-state index in [0.29, 0.717) is 12.1 Å². The van der Waals surface area contributed by atoms with Crippen molar-refractivity contribution in [2.45, 2.75) is 38.7 Å². The maximum Gasteiger partial charge on any atom is 0.223 e. The third-order valence-corrected chi connectivity index (χ3v) is 4.72. The highest BCUT2D eigenvalue weighted by Gasteiger charge is 2.25. The second-order valence-corrected chi connectivity index (χ2v) is 6.82. The van der Waals surface area contributed by atoms with Gasteiger partial charge in [-0.2, -0.15) is 0 Å². The number of carbonyl (C=O) groups is 2. The molecule has 3 rings (SSSR count). The first-order chi connectivity index (χ1) is 12.6. The first-order valence-electron chi connectivity index (χ1n) is 9.21. The van der Waals surface area contributed by atoms with Crippen LogP contribution in [0, 0.1) is 6.92 Å². The molecule has 4 heteroatoms. The molecular formula is C22H25NO3. The molecule has 1 saturated heterocycles. The van der Waals surface area contributed by atoms with Gasteiger partial charge in [0, 0.05) is 24.9 Å². The van der Waals surface area contributed by atoms with Gasteiger partial charge in [-0.3, -0.25) is 9.59 Å². The first-order valence-corrected chi connectivity index (χ1v) is 9.21. The number of aryl methyl sites for hydroxylation is 1. The predicted octanol–water partition coefficient (Wildman–Crippen LogP) is 4.03. The number of para-hydroxylation sites is 1. The molecular weight excluding hydrogens is 326 g/mol. The molecule has 1 unspecified atom stereocenters. The van der Waals surface area contributed by atoms with E-state index in [1.165, 1.54) is 0 Å². The molecule has 1 heterocycles. The minimum atomic E-state index is 0.0166. The number of ketones is 1. The lowest BCUT2D eigenvalue weighted by molar-refractivity contribution is -0.133. The Morgan fingerprint density at radius 2 is 1.77 bits per heavy atom. The van der Waals surface area contributed by atoms with Gasteiger partial charge in [0.15, 0.2) is 5.78 Å². The van der Waals surface area contributed by atoms with Gasteiger partial charge >= 0.3 is 0 Å². The standard InChI is InChI=1S/C22H25NO3/c1-17-9-11-18(12-10-17)21(24)13-14-22(25)23-15-5-8-20(16-23)26-19-6-3-2-4-7-19/h2-4,6-7,9-12,20H,5,8,13-16H2,1H3. The van der Waals surface area contributed by atoms with Gasteiger partial charge < -0.3 is 9.64 Å². The van der Waals surface area contributed by atoms with E-state index in [-0.39, 0.29) is 30.6 Å². The molecule has 1 amide bonds. The summed E-state index contributed by atoms with van der Waals surface area (Å²) in [5.41, 5.74) is 1.79. The number of hydrogen-bond donors (Lipinski definition) is 0. The van der Waals surface area contributed by atoms with Gasteiger partial charge in [-0.15, -0.1) is 0 Å². The molecule has 1 fully saturated rings. The van der Waals surface area contributed by atoms with Gasteiger partial charge in [0.25, 0.3) is 0 Å². The van der Waals surface area contributed by atoms with Crippen LogP contribution in [0.1, 0.15) is 41.6 Å². The van der Waals surface area contributed by atoms with Gasteiger partial charge in [-0.1, -0.05) is 48.0 Å². The van der Waals surface area contributed by atoms with Crippen molar-refractivity contribution in [3.05, 3.63) is 65.7 Å². The molecule has 0 bridgehead atoms. The van der Waals surface area contributed by atoms with Crippen molar-refractivity contribution < 1.29 is 14.3 Å². The summed E-state index contributed by atoms with van der Waals surface area (Å²) in [5, 5.41) is 0. The van der Waals surface area contributed by atoms with E-state index in [0.717, 1.165) is 30.7 Å². The molecule has 0 N–H and O–H groups in total. The Morgan fingerprint density at radius 3 is 2.50 bits per heavy atom. The summed E-state index contributed by atoms with van der Waals surface area (Å²) in [5.74, 6) is 0.889. The Balaban J connectivity index is 1.49. The summed E-state index contributed by atoms with van der Waals surface area (Å²) in [7, 11) is 0. The first kappa shape index (κ1) is 18.2. The van der Waals surface area contributed by atoms with Gasteiger partial charge in [0.2, 0.25) is 5.91 Å². The lowest BCUT2D eigenvalue weighted by Crippen LogP contribution is -2.44. The highest BCUT2D eigenvalue weighted by molar-refractivity contribution is 5.98. The van der Waals surface area contributed by atoms with E-state index in [4.69, 9.17) is 4.74 Å². The molecule has 26 heavy (non-hydrogen) atoms. The molecule has 2 aromatic carbocycles. The molecule has 2 aromatic rings. The number of likely N-dealkylation sites (tertiary alicyclic amines) is 1. The van der Waals surface area contributed by atoms with Crippen LogP contribution in [0.5, 0.6) is 5.75 Å². The Morgan fingerprint density at radius 1 is 1.04 bits per heavy atom. The Kier molecular flexibility index (Phi) is 6.05. The molecule has 0 radical (unpaired) electrons. The summed E-state index contributed by atoms with van der Waals surface area (Å²) in [6.45, 7) is 3.32. The fourth-order valence-electron chi connectivity index (χ4n) is 3.21. The Bertz CT molecular complexity index is 740. The molecule has 4 nitrogen and oxygen atoms in total. The summed E-state index contributed by atoms with van der Waals surface area (Å²) in [4.78, 5) is 26.6. The number of hydrogen-bond acceptors (Lipinski definition) is 3. The van der Waals surface area contributed by atoms with Crippen molar-refractivity contribution >= 4 is 11.7 Å². The zero-order chi connectivity index (χ0) is 18.4. The number of amides is 1. The third kappa shape index (κ3) is 4.94. The molecule has 1 aliphatic heterocycles. The second kappa shape index (κ2) is 8.65. The summed E-state index contributed by atoms with van der Waals surface area (Å²) >= 11 is 0. The third-order valence-electron chi connectivity index (χ3n) is 4.72. The predicted molar refractivity (Wildman–Crippen MR) is 101 cm³/mol. The minimum absolute atomic E-state index is 0.0166. The van der Waals surface area contributed by atoms with Crippen LogP contribution in [0.3, 0.4) is 0 Å². The monoisotopic (exact) mass is 351 g/mol. The molecule has 1 atom stereocenters. The number of nitrogens with zero attached hydrogens (tertiary/aromatic N) is 1. The number of Topliss-reactive ketones (excluding diaryl/α,β-unsaturated/α-hetero) is 1. The number of ether oxygens (including phenoxy) is 1. The zero-order valence-corrected chi connectivity index (χ0v) is 15.2. The second-order valence-electron chi connectivity index (χ2n) is 6.82. The molecule has 0 saturated carbocycles. The lowest BCUT2D eigenvalue weighted by atomic mass is 10.0. The summed E-state index contributed by atoms with van der Waals surface area (Å²) < 4.78 is 5.98. The van der Waals surface area contributed by atoms with Crippen molar-refractivity contribution in [1.82, 2.24) is 4.90 Å². The van der Waals surface area contributed by atoms with Crippen molar-refractivity contribution in [2.75, 3.05) is 13.1 Å². The highest BCUT2D eigenvalue weighted by atomic mass is 16.5. The summed E-state index contributed by atoms with van der Waals surface area (Å²) in [6, 6.07) is 17.2. The van der Waals surface area contributed by atoms with E-state index in [9.17, 15) is 9.59 Å². The summed E-state index contributed by atoms with van der Waals surface area (Å²) in [6.07, 6.45) is 2.40. The number of carbonyl (C=O) groups excluding carboxylic acids is 2. The van der Waals surface area contributed by atoms with Crippen molar-refractivity contribution in [3.63, 3.8) is 0 Å². The van der Waals surface area contributed by atoms with Crippen molar-refractivity contribution in [1.29, 1.82) is 0 Å². The minimum Gasteiger partial charge on any atom is -0.489 e. The van der Waals surface area contributed by atoms with Crippen LogP contribution in [0.2, 0.25) is 0 Å². The molecule has 0 spiro atoms. The number of rotatable bonds is 6. The maximum absolute atomic E-state index is 12.5. The Hall–Kier alpha value is -2.62. The topological polar surface area (TPSA) is 46.6 Å². The lowest BCUT2D eigenvalue weighted by Gasteiger charge is -2.33. The van der Waals surface area contributed by atoms with Crippen molar-refractivity contribution in [2.24, 2.45) is 0 Å². The van der Waals surface area contributed by atoms with Crippen LogP contribution in [0.25, 0.3) is 0 Å². The molecule has 1 aliphatic rings. The average molecular weight is 351 g/mol. The van der Waals surface area contributed by atoms with E-state index < -0.39 is 0 Å². The van der Waals surface area contributed by atoms with E-state index in [2.05, 4.69) is 0 Å². The average Bonchev–Trinajstić information content (AvgIpc) is 2.67. The van der Waals surface area contributed by atoms with Gasteiger partial charge in [0.05, 0.1) is 6.54 Å². The smallest absolute Gasteiger partial charge is 0.223 e. The van der Waals surface area contributed by atoms with Gasteiger partial charge in [0.1, 0.15) is 11.9 Å². The fraction of sp³-hybridized carbons (Fsp3) is 0.364. The maximum atomic E-state index is 12.5. The van der Waals surface area contributed by atoms with Crippen LogP contribution in [-0.4, -0.2) is 35.8 Å². The van der Waals surface area contributed by atoms with E-state index in [1.807, 2.05) is 66.4 Å².